The van der Waals surface area contributed by atoms with Crippen molar-refractivity contribution in [1.29, 1.82) is 0 Å². The molecule has 0 spiro atoms. The van der Waals surface area contributed by atoms with Crippen molar-refractivity contribution >= 4 is 11.7 Å². The smallest absolute Gasteiger partial charge is 0.239 e. The highest BCUT2D eigenvalue weighted by atomic mass is 19.1. The van der Waals surface area contributed by atoms with Gasteiger partial charge in [-0.25, -0.2) is 9.37 Å². The molecule has 2 rings (SSSR count). The molecule has 2 heterocycles. The zero-order valence-electron chi connectivity index (χ0n) is 11.1. The van der Waals surface area contributed by atoms with Crippen LogP contribution in [0.5, 0.6) is 0 Å². The maximum Gasteiger partial charge on any atom is 0.239 e. The molecule has 1 aromatic rings. The van der Waals surface area contributed by atoms with Crippen LogP contribution in [0.25, 0.3) is 0 Å². The van der Waals surface area contributed by atoms with Crippen LogP contribution >= 0.6 is 0 Å². The summed E-state index contributed by atoms with van der Waals surface area (Å²) in [5.74, 6) is 0.00516. The summed E-state index contributed by atoms with van der Waals surface area (Å²) in [5, 5.41) is 0. The fourth-order valence-corrected chi connectivity index (χ4v) is 2.16. The molecular weight excluding hydrogens is 247 g/mol. The molecule has 2 N–H and O–H groups in total. The Hall–Kier alpha value is -1.69. The molecule has 1 aromatic heterocycles. The number of hydrogen-bond acceptors (Lipinski definition) is 4. The third-order valence-corrected chi connectivity index (χ3v) is 3.39. The summed E-state index contributed by atoms with van der Waals surface area (Å²) < 4.78 is 13.6. The van der Waals surface area contributed by atoms with E-state index in [2.05, 4.69) is 4.98 Å². The molecule has 5 nitrogen and oxygen atoms in total. The van der Waals surface area contributed by atoms with Crippen molar-refractivity contribution in [1.82, 2.24) is 9.88 Å². The van der Waals surface area contributed by atoms with Crippen molar-refractivity contribution in [2.75, 3.05) is 31.1 Å². The first-order valence-electron chi connectivity index (χ1n) is 6.53. The quantitative estimate of drug-likeness (QED) is 0.870. The summed E-state index contributed by atoms with van der Waals surface area (Å²) in [6.07, 6.45) is 2.21. The number of nitrogens with two attached hydrogens (primary N) is 1. The number of carbonyl (C=O) groups excluding carboxylic acids is 1. The Bertz CT molecular complexity index is 446. The summed E-state index contributed by atoms with van der Waals surface area (Å²) >= 11 is 0. The maximum atomic E-state index is 13.6. The fourth-order valence-electron chi connectivity index (χ4n) is 2.16. The van der Waals surface area contributed by atoms with Gasteiger partial charge in [-0.15, -0.1) is 0 Å². The molecule has 1 unspecified atom stereocenters. The van der Waals surface area contributed by atoms with E-state index in [0.717, 1.165) is 0 Å². The minimum absolute atomic E-state index is 0.0244. The van der Waals surface area contributed by atoms with Gasteiger partial charge in [-0.2, -0.15) is 0 Å². The van der Waals surface area contributed by atoms with Gasteiger partial charge in [0.1, 0.15) is 0 Å². The topological polar surface area (TPSA) is 62.5 Å². The lowest BCUT2D eigenvalue weighted by atomic mass is 10.2. The average Bonchev–Trinajstić information content (AvgIpc) is 2.46. The summed E-state index contributed by atoms with van der Waals surface area (Å²) in [6.45, 7) is 4.17. The molecule has 0 saturated carbocycles. The van der Waals surface area contributed by atoms with E-state index >= 15 is 0 Å². The van der Waals surface area contributed by atoms with E-state index in [0.29, 0.717) is 38.4 Å². The number of nitrogens with zero attached hydrogens (tertiary/aromatic N) is 3. The van der Waals surface area contributed by atoms with Crippen molar-refractivity contribution in [3.8, 4) is 0 Å². The van der Waals surface area contributed by atoms with Gasteiger partial charge in [-0.05, 0) is 18.6 Å². The Morgan fingerprint density at radius 2 is 2.16 bits per heavy atom. The summed E-state index contributed by atoms with van der Waals surface area (Å²) in [7, 11) is 0. The van der Waals surface area contributed by atoms with Gasteiger partial charge in [0.05, 0.1) is 6.04 Å². The molecule has 104 valence electrons. The molecule has 1 saturated heterocycles. The summed E-state index contributed by atoms with van der Waals surface area (Å²) in [6, 6.07) is 2.53. The third-order valence-electron chi connectivity index (χ3n) is 3.39. The predicted molar refractivity (Wildman–Crippen MR) is 71.3 cm³/mol. The lowest BCUT2D eigenvalue weighted by molar-refractivity contribution is -0.132. The third kappa shape index (κ3) is 3.01. The molecule has 1 atom stereocenters. The van der Waals surface area contributed by atoms with Crippen molar-refractivity contribution in [3.63, 3.8) is 0 Å². The number of carbonyl (C=O) groups is 1. The highest BCUT2D eigenvalue weighted by molar-refractivity contribution is 5.81. The summed E-state index contributed by atoms with van der Waals surface area (Å²) in [5.41, 5.74) is 5.74. The van der Waals surface area contributed by atoms with Crippen LogP contribution in [0.15, 0.2) is 18.3 Å². The normalized spacial score (nSPS) is 17.4. The van der Waals surface area contributed by atoms with Crippen LogP contribution in [0.4, 0.5) is 10.2 Å². The molecular formula is C13H19FN4O. The Labute approximate surface area is 112 Å². The van der Waals surface area contributed by atoms with Gasteiger partial charge in [0, 0.05) is 32.4 Å². The molecule has 19 heavy (non-hydrogen) atoms. The van der Waals surface area contributed by atoms with Gasteiger partial charge in [0.15, 0.2) is 11.6 Å². The molecule has 6 heteroatoms. The Morgan fingerprint density at radius 1 is 1.47 bits per heavy atom. The standard InChI is InChI=1S/C13H19FN4O/c1-2-11(15)13(19)18-8-6-17(7-9-18)12-10(14)4-3-5-16-12/h3-5,11H,2,6-9,15H2,1H3. The van der Waals surface area contributed by atoms with Gasteiger partial charge in [0.2, 0.25) is 5.91 Å². The van der Waals surface area contributed by atoms with Crippen LogP contribution in [-0.2, 0) is 4.79 Å². The highest BCUT2D eigenvalue weighted by Gasteiger charge is 2.25. The largest absolute Gasteiger partial charge is 0.351 e. The molecule has 0 bridgehead atoms. The maximum absolute atomic E-state index is 13.6. The number of rotatable bonds is 3. The van der Waals surface area contributed by atoms with E-state index in [4.69, 9.17) is 5.73 Å². The second-order valence-corrected chi connectivity index (χ2v) is 4.64. The monoisotopic (exact) mass is 266 g/mol. The molecule has 1 fully saturated rings. The predicted octanol–water partition coefficient (Wildman–Crippen LogP) is 0.607. The molecule has 1 aliphatic rings. The second-order valence-electron chi connectivity index (χ2n) is 4.64. The number of anilines is 1. The number of pyridine rings is 1. The van der Waals surface area contributed by atoms with E-state index in [9.17, 15) is 9.18 Å². The molecule has 0 radical (unpaired) electrons. The van der Waals surface area contributed by atoms with Crippen LogP contribution in [0.1, 0.15) is 13.3 Å². The highest BCUT2D eigenvalue weighted by Crippen LogP contribution is 2.17. The average molecular weight is 266 g/mol. The van der Waals surface area contributed by atoms with Gasteiger partial charge in [0.25, 0.3) is 0 Å². The minimum atomic E-state index is -0.432. The van der Waals surface area contributed by atoms with Crippen LogP contribution < -0.4 is 10.6 Å². The van der Waals surface area contributed by atoms with E-state index in [-0.39, 0.29) is 11.7 Å². The number of aromatic nitrogens is 1. The number of hydrogen-bond donors (Lipinski definition) is 1. The zero-order chi connectivity index (χ0) is 13.8. The van der Waals surface area contributed by atoms with Gasteiger partial charge >= 0.3 is 0 Å². The fraction of sp³-hybridized carbons (Fsp3) is 0.538. The van der Waals surface area contributed by atoms with Crippen molar-refractivity contribution in [3.05, 3.63) is 24.1 Å². The van der Waals surface area contributed by atoms with Crippen LogP contribution in [0.3, 0.4) is 0 Å². The first-order valence-corrected chi connectivity index (χ1v) is 6.53. The zero-order valence-corrected chi connectivity index (χ0v) is 11.1. The van der Waals surface area contributed by atoms with Gasteiger partial charge in [-0.3, -0.25) is 4.79 Å². The molecule has 1 aliphatic heterocycles. The van der Waals surface area contributed by atoms with Gasteiger partial charge in [-0.1, -0.05) is 6.92 Å². The molecule has 0 aliphatic carbocycles. The number of halogens is 1. The lowest BCUT2D eigenvalue weighted by Gasteiger charge is -2.36. The Morgan fingerprint density at radius 3 is 2.74 bits per heavy atom. The van der Waals surface area contributed by atoms with E-state index in [1.165, 1.54) is 6.07 Å². The van der Waals surface area contributed by atoms with Crippen LogP contribution in [-0.4, -0.2) is 48.0 Å². The Balaban J connectivity index is 1.96. The van der Waals surface area contributed by atoms with Crippen LogP contribution in [0.2, 0.25) is 0 Å². The SMILES string of the molecule is CCC(N)C(=O)N1CCN(c2ncccc2F)CC1. The summed E-state index contributed by atoms with van der Waals surface area (Å²) in [4.78, 5) is 19.6. The lowest BCUT2D eigenvalue weighted by Crippen LogP contribution is -2.53. The van der Waals surface area contributed by atoms with Crippen LogP contribution in [0, 0.1) is 5.82 Å². The first-order chi connectivity index (χ1) is 9.13. The second kappa shape index (κ2) is 5.97. The van der Waals surface area contributed by atoms with E-state index in [1.54, 1.807) is 17.2 Å². The molecule has 0 aromatic carbocycles. The number of piperazine rings is 1. The first kappa shape index (κ1) is 13.7. The van der Waals surface area contributed by atoms with Crippen molar-refractivity contribution in [2.45, 2.75) is 19.4 Å². The molecule has 1 amide bonds. The van der Waals surface area contributed by atoms with Crippen molar-refractivity contribution < 1.29 is 9.18 Å². The minimum Gasteiger partial charge on any atom is -0.351 e. The van der Waals surface area contributed by atoms with Crippen molar-refractivity contribution in [2.24, 2.45) is 5.73 Å². The number of amides is 1. The van der Waals surface area contributed by atoms with Gasteiger partial charge < -0.3 is 15.5 Å². The van der Waals surface area contributed by atoms with E-state index in [1.807, 2.05) is 11.8 Å². The van der Waals surface area contributed by atoms with E-state index < -0.39 is 6.04 Å². The Kier molecular flexibility index (Phi) is 4.31.